The molecule has 0 aliphatic rings. The number of carbonyl (C=O) groups excluding carboxylic acids is 1. The maximum Gasteiger partial charge on any atom is 0.271 e. The Hall–Kier alpha value is -1.50. The van der Waals surface area contributed by atoms with Crippen LogP contribution in [-0.2, 0) is 10.8 Å². The molecule has 6 nitrogen and oxygen atoms in total. The largest absolute Gasteiger partial charge is 0.372 e. The number of hydrogen-bond acceptors (Lipinski definition) is 5. The van der Waals surface area contributed by atoms with E-state index >= 15 is 0 Å². The lowest BCUT2D eigenvalue weighted by molar-refractivity contribution is 0.0949. The van der Waals surface area contributed by atoms with Crippen LogP contribution in [-0.4, -0.2) is 45.2 Å². The van der Waals surface area contributed by atoms with E-state index in [0.29, 0.717) is 12.4 Å². The van der Waals surface area contributed by atoms with E-state index in [2.05, 4.69) is 20.6 Å². The summed E-state index contributed by atoms with van der Waals surface area (Å²) in [5.41, 5.74) is 0.248. The van der Waals surface area contributed by atoms with E-state index in [4.69, 9.17) is 0 Å². The number of amides is 1. The molecule has 0 aliphatic carbocycles. The molecular formula is C10H16N4O2S. The maximum atomic E-state index is 11.6. The topological polar surface area (TPSA) is 84.0 Å². The number of nitrogens with zero attached hydrogens (tertiary/aromatic N) is 2. The molecule has 17 heavy (non-hydrogen) atoms. The molecule has 1 aromatic heterocycles. The van der Waals surface area contributed by atoms with Gasteiger partial charge < -0.3 is 10.6 Å². The van der Waals surface area contributed by atoms with Crippen LogP contribution in [0.1, 0.15) is 17.4 Å². The average molecular weight is 256 g/mol. The minimum atomic E-state index is -0.949. The van der Waals surface area contributed by atoms with Crippen molar-refractivity contribution >= 4 is 22.5 Å². The van der Waals surface area contributed by atoms with Gasteiger partial charge in [0.2, 0.25) is 0 Å². The third-order valence-electron chi connectivity index (χ3n) is 2.26. The second-order valence-electron chi connectivity index (χ2n) is 3.56. The summed E-state index contributed by atoms with van der Waals surface area (Å²) in [5, 5.41) is 5.40. The van der Waals surface area contributed by atoms with Gasteiger partial charge in [0, 0.05) is 35.9 Å². The highest BCUT2D eigenvalue weighted by Crippen LogP contribution is 1.99. The van der Waals surface area contributed by atoms with E-state index in [0.717, 1.165) is 0 Å². The Morgan fingerprint density at radius 2 is 2.18 bits per heavy atom. The molecule has 2 unspecified atom stereocenters. The Labute approximate surface area is 103 Å². The van der Waals surface area contributed by atoms with Crippen molar-refractivity contribution in [3.8, 4) is 0 Å². The van der Waals surface area contributed by atoms with Crippen molar-refractivity contribution in [2.24, 2.45) is 0 Å². The smallest absolute Gasteiger partial charge is 0.271 e. The third kappa shape index (κ3) is 4.10. The van der Waals surface area contributed by atoms with E-state index in [1.54, 1.807) is 13.3 Å². The molecule has 1 rings (SSSR count). The van der Waals surface area contributed by atoms with Gasteiger partial charge in [0.05, 0.1) is 12.4 Å². The van der Waals surface area contributed by atoms with Crippen molar-refractivity contribution in [3.05, 3.63) is 18.1 Å². The highest BCUT2D eigenvalue weighted by molar-refractivity contribution is 7.84. The summed E-state index contributed by atoms with van der Waals surface area (Å²) < 4.78 is 11.1. The average Bonchev–Trinajstić information content (AvgIpc) is 2.35. The first-order chi connectivity index (χ1) is 8.04. The normalized spacial score (nSPS) is 13.8. The third-order valence-corrected chi connectivity index (χ3v) is 3.56. The fraction of sp³-hybridized carbons (Fsp3) is 0.500. The van der Waals surface area contributed by atoms with Crippen LogP contribution in [0.15, 0.2) is 12.4 Å². The van der Waals surface area contributed by atoms with E-state index in [9.17, 15) is 9.00 Å². The van der Waals surface area contributed by atoms with Gasteiger partial charge in [0.1, 0.15) is 11.5 Å². The molecule has 0 aromatic carbocycles. The van der Waals surface area contributed by atoms with Gasteiger partial charge in [-0.05, 0) is 6.92 Å². The van der Waals surface area contributed by atoms with Gasteiger partial charge >= 0.3 is 0 Å². The standard InChI is InChI=1S/C10H16N4O2S/c1-7(17(3)16)4-14-10(15)8-5-13-9(11-2)6-12-8/h5-7H,4H2,1-3H3,(H,11,13)(H,14,15). The van der Waals surface area contributed by atoms with Crippen molar-refractivity contribution in [2.45, 2.75) is 12.2 Å². The first-order valence-corrected chi connectivity index (χ1v) is 6.77. The molecule has 0 radical (unpaired) electrons. The number of rotatable bonds is 5. The first kappa shape index (κ1) is 13.6. The van der Waals surface area contributed by atoms with Gasteiger partial charge in [-0.1, -0.05) is 0 Å². The zero-order chi connectivity index (χ0) is 12.8. The van der Waals surface area contributed by atoms with Crippen LogP contribution in [0.2, 0.25) is 0 Å². The molecular weight excluding hydrogens is 240 g/mol. The molecule has 0 saturated carbocycles. The van der Waals surface area contributed by atoms with E-state index in [1.165, 1.54) is 12.4 Å². The summed E-state index contributed by atoms with van der Waals surface area (Å²) in [5.74, 6) is 0.294. The van der Waals surface area contributed by atoms with Crippen molar-refractivity contribution in [3.63, 3.8) is 0 Å². The Balaban J connectivity index is 2.55. The minimum Gasteiger partial charge on any atom is -0.372 e. The molecule has 0 fully saturated rings. The van der Waals surface area contributed by atoms with E-state index in [1.807, 2.05) is 6.92 Å². The second-order valence-corrected chi connectivity index (χ2v) is 5.36. The van der Waals surface area contributed by atoms with Crippen LogP contribution < -0.4 is 10.6 Å². The van der Waals surface area contributed by atoms with Crippen LogP contribution in [0.4, 0.5) is 5.82 Å². The predicted octanol–water partition coefficient (Wildman–Crippen LogP) is 0.0151. The molecule has 0 spiro atoms. The zero-order valence-corrected chi connectivity index (χ0v) is 10.9. The quantitative estimate of drug-likeness (QED) is 0.775. The van der Waals surface area contributed by atoms with Crippen LogP contribution in [0.25, 0.3) is 0 Å². The van der Waals surface area contributed by atoms with E-state index in [-0.39, 0.29) is 16.9 Å². The summed E-state index contributed by atoms with van der Waals surface area (Å²) >= 11 is 0. The number of aromatic nitrogens is 2. The molecule has 0 saturated heterocycles. The van der Waals surface area contributed by atoms with Gasteiger partial charge in [0.25, 0.3) is 5.91 Å². The molecule has 7 heteroatoms. The van der Waals surface area contributed by atoms with Crippen molar-refractivity contribution in [1.29, 1.82) is 0 Å². The molecule has 0 bridgehead atoms. The Kier molecular flexibility index (Phi) is 5.02. The van der Waals surface area contributed by atoms with Gasteiger partial charge in [0.15, 0.2) is 0 Å². The van der Waals surface area contributed by atoms with E-state index < -0.39 is 10.8 Å². The van der Waals surface area contributed by atoms with Crippen molar-refractivity contribution < 1.29 is 9.00 Å². The summed E-state index contributed by atoms with van der Waals surface area (Å²) in [6, 6.07) is 0. The molecule has 1 heterocycles. The van der Waals surface area contributed by atoms with Crippen LogP contribution in [0, 0.1) is 0 Å². The second kappa shape index (κ2) is 6.29. The Bertz CT molecular complexity index is 407. The fourth-order valence-corrected chi connectivity index (χ4v) is 1.34. The predicted molar refractivity (Wildman–Crippen MR) is 67.4 cm³/mol. The summed E-state index contributed by atoms with van der Waals surface area (Å²) in [7, 11) is 0.775. The van der Waals surface area contributed by atoms with Crippen molar-refractivity contribution in [2.75, 3.05) is 25.2 Å². The lowest BCUT2D eigenvalue weighted by atomic mass is 10.4. The number of hydrogen-bond donors (Lipinski definition) is 2. The zero-order valence-electron chi connectivity index (χ0n) is 10.1. The van der Waals surface area contributed by atoms with Gasteiger partial charge in [-0.3, -0.25) is 9.00 Å². The van der Waals surface area contributed by atoms with Gasteiger partial charge in [-0.25, -0.2) is 9.97 Å². The van der Waals surface area contributed by atoms with Crippen LogP contribution in [0.5, 0.6) is 0 Å². The highest BCUT2D eigenvalue weighted by atomic mass is 32.2. The molecule has 94 valence electrons. The molecule has 1 amide bonds. The number of carbonyl (C=O) groups is 1. The number of nitrogens with one attached hydrogen (secondary N) is 2. The molecule has 1 aromatic rings. The Morgan fingerprint density at radius 1 is 1.47 bits per heavy atom. The van der Waals surface area contributed by atoms with Gasteiger partial charge in [-0.15, -0.1) is 0 Å². The van der Waals surface area contributed by atoms with Crippen LogP contribution >= 0.6 is 0 Å². The molecule has 2 atom stereocenters. The lowest BCUT2D eigenvalue weighted by Crippen LogP contribution is -2.33. The summed E-state index contributed by atoms with van der Waals surface area (Å²) in [6.45, 7) is 2.17. The fourth-order valence-electron chi connectivity index (χ4n) is 1.02. The maximum absolute atomic E-state index is 11.6. The molecule has 0 aliphatic heterocycles. The Morgan fingerprint density at radius 3 is 2.65 bits per heavy atom. The SMILES string of the molecule is CNc1cnc(C(=O)NCC(C)S(C)=O)cn1. The number of anilines is 1. The van der Waals surface area contributed by atoms with Gasteiger partial charge in [-0.2, -0.15) is 0 Å². The summed E-state index contributed by atoms with van der Waals surface area (Å²) in [6.07, 6.45) is 4.49. The summed E-state index contributed by atoms with van der Waals surface area (Å²) in [4.78, 5) is 19.6. The lowest BCUT2D eigenvalue weighted by Gasteiger charge is -2.09. The first-order valence-electron chi connectivity index (χ1n) is 5.14. The molecule has 2 N–H and O–H groups in total. The van der Waals surface area contributed by atoms with Crippen molar-refractivity contribution in [1.82, 2.24) is 15.3 Å². The monoisotopic (exact) mass is 256 g/mol. The van der Waals surface area contributed by atoms with Crippen LogP contribution in [0.3, 0.4) is 0 Å². The minimum absolute atomic E-state index is 0.0801. The highest BCUT2D eigenvalue weighted by Gasteiger charge is 2.11.